The van der Waals surface area contributed by atoms with E-state index >= 15 is 0 Å². The Hall–Kier alpha value is -1.59. The van der Waals surface area contributed by atoms with Gasteiger partial charge in [0.2, 0.25) is 0 Å². The molecule has 0 aromatic heterocycles. The summed E-state index contributed by atoms with van der Waals surface area (Å²) >= 11 is 0. The van der Waals surface area contributed by atoms with Gasteiger partial charge >= 0.3 is 17.9 Å². The van der Waals surface area contributed by atoms with E-state index in [0.717, 1.165) is 63.7 Å². The first-order valence-electron chi connectivity index (χ1n) is 23.9. The van der Waals surface area contributed by atoms with Crippen molar-refractivity contribution in [1.29, 1.82) is 0 Å². The fourth-order valence-corrected chi connectivity index (χ4v) is 7.16. The van der Waals surface area contributed by atoms with Crippen LogP contribution in [0, 0.1) is 5.92 Å². The molecule has 6 nitrogen and oxygen atoms in total. The predicted octanol–water partition coefficient (Wildman–Crippen LogP) is 15.1. The van der Waals surface area contributed by atoms with Gasteiger partial charge in [-0.05, 0) is 25.2 Å². The lowest BCUT2D eigenvalue weighted by molar-refractivity contribution is -0.167. The van der Waals surface area contributed by atoms with Gasteiger partial charge in [0, 0.05) is 19.3 Å². The fourth-order valence-electron chi connectivity index (χ4n) is 7.16. The molecule has 0 aromatic carbocycles. The van der Waals surface area contributed by atoms with Crippen LogP contribution in [0.5, 0.6) is 0 Å². The molecule has 6 heteroatoms. The molecule has 0 heterocycles. The molecule has 0 aliphatic carbocycles. The number of ether oxygens (including phenoxy) is 3. The van der Waals surface area contributed by atoms with E-state index in [0.29, 0.717) is 19.3 Å². The molecule has 0 unspecified atom stereocenters. The Morgan fingerprint density at radius 1 is 0.352 bits per heavy atom. The van der Waals surface area contributed by atoms with Crippen LogP contribution < -0.4 is 0 Å². The molecule has 0 N–H and O–H groups in total. The summed E-state index contributed by atoms with van der Waals surface area (Å²) in [4.78, 5) is 37.8. The SMILES string of the molecule is CCCCCCCCCCCCCCCC(=O)OC[C@H](COC(=O)CCCCCCCCCCC(C)C)OC(=O)CCCCCCCCCCCCCC. The van der Waals surface area contributed by atoms with Crippen molar-refractivity contribution in [2.24, 2.45) is 5.92 Å². The summed E-state index contributed by atoms with van der Waals surface area (Å²) < 4.78 is 16.7. The Kier molecular flexibility index (Phi) is 41.3. The van der Waals surface area contributed by atoms with Crippen molar-refractivity contribution in [1.82, 2.24) is 0 Å². The Morgan fingerprint density at radius 3 is 0.907 bits per heavy atom. The molecule has 0 aliphatic rings. The molecule has 0 amide bonds. The average molecular weight is 765 g/mol. The quantitative estimate of drug-likeness (QED) is 0.0349. The minimum Gasteiger partial charge on any atom is -0.462 e. The fraction of sp³-hybridized carbons (Fsp3) is 0.938. The van der Waals surface area contributed by atoms with Crippen LogP contribution in [0.15, 0.2) is 0 Å². The second-order valence-corrected chi connectivity index (χ2v) is 16.9. The second-order valence-electron chi connectivity index (χ2n) is 16.9. The molecule has 0 bridgehead atoms. The van der Waals surface area contributed by atoms with E-state index in [9.17, 15) is 14.4 Å². The zero-order valence-corrected chi connectivity index (χ0v) is 36.7. The van der Waals surface area contributed by atoms with Crippen LogP contribution in [0.4, 0.5) is 0 Å². The van der Waals surface area contributed by atoms with Crippen molar-refractivity contribution < 1.29 is 28.6 Å². The maximum atomic E-state index is 12.7. The van der Waals surface area contributed by atoms with Crippen molar-refractivity contribution in [2.45, 2.75) is 271 Å². The van der Waals surface area contributed by atoms with Crippen LogP contribution in [0.3, 0.4) is 0 Å². The highest BCUT2D eigenvalue weighted by Gasteiger charge is 2.19. The predicted molar refractivity (Wildman–Crippen MR) is 229 cm³/mol. The minimum absolute atomic E-state index is 0.0636. The molecular weight excluding hydrogens is 673 g/mol. The second kappa shape index (κ2) is 42.6. The normalized spacial score (nSPS) is 11.9. The molecule has 0 fully saturated rings. The molecule has 0 radical (unpaired) electrons. The zero-order chi connectivity index (χ0) is 39.6. The Morgan fingerprint density at radius 2 is 0.611 bits per heavy atom. The highest BCUT2D eigenvalue weighted by molar-refractivity contribution is 5.71. The van der Waals surface area contributed by atoms with Gasteiger partial charge in [0.1, 0.15) is 13.2 Å². The third-order valence-corrected chi connectivity index (χ3v) is 10.8. The molecule has 320 valence electrons. The smallest absolute Gasteiger partial charge is 0.306 e. The van der Waals surface area contributed by atoms with Crippen molar-refractivity contribution in [3.8, 4) is 0 Å². The van der Waals surface area contributed by atoms with Gasteiger partial charge in [0.15, 0.2) is 6.10 Å². The first-order chi connectivity index (χ1) is 26.4. The van der Waals surface area contributed by atoms with E-state index in [-0.39, 0.29) is 31.1 Å². The number of carbonyl (C=O) groups is 3. The van der Waals surface area contributed by atoms with Crippen LogP contribution in [0.1, 0.15) is 265 Å². The monoisotopic (exact) mass is 765 g/mol. The number of hydrogen-bond donors (Lipinski definition) is 0. The summed E-state index contributed by atoms with van der Waals surface area (Å²) in [5.74, 6) is -0.0554. The van der Waals surface area contributed by atoms with Gasteiger partial charge in [-0.1, -0.05) is 227 Å². The van der Waals surface area contributed by atoms with E-state index in [1.165, 1.54) is 161 Å². The number of rotatable bonds is 43. The maximum Gasteiger partial charge on any atom is 0.306 e. The van der Waals surface area contributed by atoms with Gasteiger partial charge in [-0.3, -0.25) is 14.4 Å². The molecular formula is C48H92O6. The largest absolute Gasteiger partial charge is 0.462 e. The van der Waals surface area contributed by atoms with Crippen molar-refractivity contribution in [2.75, 3.05) is 13.2 Å². The van der Waals surface area contributed by atoms with Crippen LogP contribution in [-0.4, -0.2) is 37.2 Å². The summed E-state index contributed by atoms with van der Waals surface area (Å²) in [5.41, 5.74) is 0. The summed E-state index contributed by atoms with van der Waals surface area (Å²) in [6, 6.07) is 0. The number of hydrogen-bond acceptors (Lipinski definition) is 6. The first kappa shape index (κ1) is 52.4. The van der Waals surface area contributed by atoms with E-state index in [2.05, 4.69) is 27.7 Å². The molecule has 0 aromatic rings. The molecule has 0 rings (SSSR count). The van der Waals surface area contributed by atoms with Gasteiger partial charge in [0.25, 0.3) is 0 Å². The summed E-state index contributed by atoms with van der Waals surface area (Å²) in [7, 11) is 0. The molecule has 0 saturated carbocycles. The standard InChI is InChI=1S/C48H92O6/c1-5-7-9-11-13-15-17-19-21-22-27-31-35-39-46(49)52-42-45(43-53-47(50)40-36-32-28-25-24-26-30-34-38-44(3)4)54-48(51)41-37-33-29-23-20-18-16-14-12-10-8-6-2/h44-45H,5-43H2,1-4H3/t45-/m1/s1. The third kappa shape index (κ3) is 41.6. The summed E-state index contributed by atoms with van der Waals surface area (Å²) in [5, 5.41) is 0. The lowest BCUT2D eigenvalue weighted by Gasteiger charge is -2.18. The topological polar surface area (TPSA) is 78.9 Å². The number of unbranched alkanes of at least 4 members (excludes halogenated alkanes) is 30. The lowest BCUT2D eigenvalue weighted by Crippen LogP contribution is -2.30. The summed E-state index contributed by atoms with van der Waals surface area (Å²) in [6.07, 6.45) is 42.3. The Balaban J connectivity index is 4.32. The summed E-state index contributed by atoms with van der Waals surface area (Å²) in [6.45, 7) is 8.97. The third-order valence-electron chi connectivity index (χ3n) is 10.8. The van der Waals surface area contributed by atoms with E-state index in [4.69, 9.17) is 14.2 Å². The highest BCUT2D eigenvalue weighted by Crippen LogP contribution is 2.16. The van der Waals surface area contributed by atoms with E-state index < -0.39 is 6.10 Å². The molecule has 0 aliphatic heterocycles. The van der Waals surface area contributed by atoms with Crippen LogP contribution in [0.25, 0.3) is 0 Å². The van der Waals surface area contributed by atoms with Crippen molar-refractivity contribution in [3.05, 3.63) is 0 Å². The Bertz CT molecular complexity index is 811. The zero-order valence-electron chi connectivity index (χ0n) is 36.7. The van der Waals surface area contributed by atoms with Gasteiger partial charge in [-0.15, -0.1) is 0 Å². The van der Waals surface area contributed by atoms with Gasteiger partial charge in [0.05, 0.1) is 0 Å². The first-order valence-corrected chi connectivity index (χ1v) is 23.9. The van der Waals surface area contributed by atoms with Gasteiger partial charge in [-0.2, -0.15) is 0 Å². The van der Waals surface area contributed by atoms with Gasteiger partial charge in [-0.25, -0.2) is 0 Å². The molecule has 0 saturated heterocycles. The lowest BCUT2D eigenvalue weighted by atomic mass is 10.0. The average Bonchev–Trinajstić information content (AvgIpc) is 3.15. The van der Waals surface area contributed by atoms with Gasteiger partial charge < -0.3 is 14.2 Å². The number of carbonyl (C=O) groups excluding carboxylic acids is 3. The molecule has 0 spiro atoms. The van der Waals surface area contributed by atoms with Crippen LogP contribution in [0.2, 0.25) is 0 Å². The van der Waals surface area contributed by atoms with Crippen molar-refractivity contribution in [3.63, 3.8) is 0 Å². The minimum atomic E-state index is -0.759. The van der Waals surface area contributed by atoms with E-state index in [1.54, 1.807) is 0 Å². The maximum absolute atomic E-state index is 12.7. The number of esters is 3. The van der Waals surface area contributed by atoms with E-state index in [1.807, 2.05) is 0 Å². The van der Waals surface area contributed by atoms with Crippen molar-refractivity contribution >= 4 is 17.9 Å². The molecule has 54 heavy (non-hydrogen) atoms. The molecule has 1 atom stereocenters. The van der Waals surface area contributed by atoms with Crippen LogP contribution >= 0.6 is 0 Å². The van der Waals surface area contributed by atoms with Crippen LogP contribution in [-0.2, 0) is 28.6 Å². The highest BCUT2D eigenvalue weighted by atomic mass is 16.6. The Labute approximate surface area is 336 Å².